The SMILES string of the molecule is CC(=O)Nc1ccc(O)c([As](=O)(O)O)c1.Cc1c(C(=O)O)c2ccccc2n1Cc1ccccc1. The van der Waals surface area contributed by atoms with Crippen molar-refractivity contribution in [3.05, 3.63) is 89.6 Å². The van der Waals surface area contributed by atoms with Gasteiger partial charge in [0, 0.05) is 23.1 Å². The van der Waals surface area contributed by atoms with Crippen molar-refractivity contribution >= 4 is 47.0 Å². The van der Waals surface area contributed by atoms with Crippen LogP contribution in [-0.4, -0.2) is 49.0 Å². The third kappa shape index (κ3) is 6.22. The minimum atomic E-state index is -5.15. The summed E-state index contributed by atoms with van der Waals surface area (Å²) in [6.45, 7) is 3.82. The summed E-state index contributed by atoms with van der Waals surface area (Å²) in [5, 5.41) is 21.8. The number of carbonyl (C=O) groups excluding carboxylic acids is 1. The number of hydrogen-bond acceptors (Lipinski definition) is 4. The fourth-order valence-electron chi connectivity index (χ4n) is 3.71. The van der Waals surface area contributed by atoms with E-state index in [1.807, 2.05) is 49.4 Å². The van der Waals surface area contributed by atoms with Crippen LogP contribution in [0.1, 0.15) is 28.5 Å². The molecule has 1 heterocycles. The first-order valence-electron chi connectivity index (χ1n) is 10.5. The number of phenols is 1. The molecule has 1 aromatic heterocycles. The molecule has 0 saturated heterocycles. The first-order chi connectivity index (χ1) is 16.5. The Hall–Kier alpha value is -3.78. The second kappa shape index (κ2) is 10.6. The Labute approximate surface area is 204 Å². The topological polar surface area (TPSA) is 149 Å². The van der Waals surface area contributed by atoms with Gasteiger partial charge in [-0.25, -0.2) is 4.79 Å². The van der Waals surface area contributed by atoms with Gasteiger partial charge in [-0.3, -0.25) is 0 Å². The van der Waals surface area contributed by atoms with Crippen molar-refractivity contribution in [1.29, 1.82) is 0 Å². The number of phenolic OH excluding ortho intramolecular Hbond substituents is 1. The van der Waals surface area contributed by atoms with Gasteiger partial charge >= 0.3 is 94.1 Å². The van der Waals surface area contributed by atoms with Crippen LogP contribution < -0.4 is 9.67 Å². The third-order valence-electron chi connectivity index (χ3n) is 5.24. The van der Waals surface area contributed by atoms with Gasteiger partial charge < -0.3 is 9.67 Å². The molecule has 4 aromatic rings. The van der Waals surface area contributed by atoms with Crippen molar-refractivity contribution in [3.63, 3.8) is 0 Å². The minimum Gasteiger partial charge on any atom is -0.478 e. The summed E-state index contributed by atoms with van der Waals surface area (Å²) in [6, 6.07) is 21.3. The minimum absolute atomic E-state index is 0.236. The maximum Gasteiger partial charge on any atom is 0.338 e. The summed E-state index contributed by atoms with van der Waals surface area (Å²) in [6.07, 6.45) is 0. The maximum atomic E-state index is 11.5. The number of rotatable bonds is 5. The number of hydrogen-bond donors (Lipinski definition) is 5. The molecule has 3 aromatic carbocycles. The molecular weight excluding hydrogens is 515 g/mol. The molecule has 4 rings (SSSR count). The molecule has 0 fully saturated rings. The molecule has 0 bridgehead atoms. The van der Waals surface area contributed by atoms with E-state index in [-0.39, 0.29) is 11.6 Å². The van der Waals surface area contributed by atoms with Crippen molar-refractivity contribution < 1.29 is 31.7 Å². The number of aromatic carboxylic acids is 1. The Morgan fingerprint density at radius 3 is 2.20 bits per heavy atom. The van der Waals surface area contributed by atoms with Crippen LogP contribution >= 0.6 is 0 Å². The molecular formula is C25H25AsN2O7. The Kier molecular flexibility index (Phi) is 7.86. The number of carboxylic acids is 1. The van der Waals surface area contributed by atoms with Crippen LogP contribution in [0.2, 0.25) is 0 Å². The van der Waals surface area contributed by atoms with Gasteiger partial charge in [-0.05, 0) is 18.6 Å². The van der Waals surface area contributed by atoms with E-state index in [2.05, 4.69) is 22.0 Å². The van der Waals surface area contributed by atoms with E-state index < -0.39 is 30.2 Å². The molecule has 0 saturated carbocycles. The predicted molar refractivity (Wildman–Crippen MR) is 132 cm³/mol. The van der Waals surface area contributed by atoms with Gasteiger partial charge in [-0.1, -0.05) is 48.5 Å². The second-order valence-corrected chi connectivity index (χ2v) is 11.1. The molecule has 0 aliphatic rings. The molecule has 182 valence electrons. The van der Waals surface area contributed by atoms with Crippen LogP contribution in [0.5, 0.6) is 5.75 Å². The van der Waals surface area contributed by atoms with Crippen LogP contribution in [0.3, 0.4) is 0 Å². The third-order valence-corrected chi connectivity index (χ3v) is 7.31. The number of para-hydroxylation sites is 1. The normalized spacial score (nSPS) is 11.0. The molecule has 35 heavy (non-hydrogen) atoms. The van der Waals surface area contributed by atoms with Crippen molar-refractivity contribution in [3.8, 4) is 5.75 Å². The smallest absolute Gasteiger partial charge is 0.338 e. The molecule has 0 spiro atoms. The Balaban J connectivity index is 0.000000205. The number of amides is 1. The van der Waals surface area contributed by atoms with E-state index in [4.69, 9.17) is 8.19 Å². The maximum absolute atomic E-state index is 11.5. The van der Waals surface area contributed by atoms with Crippen LogP contribution in [0.4, 0.5) is 5.69 Å². The summed E-state index contributed by atoms with van der Waals surface area (Å²) in [5.74, 6) is -1.70. The zero-order valence-electron chi connectivity index (χ0n) is 19.0. The molecule has 9 nitrogen and oxygen atoms in total. The van der Waals surface area contributed by atoms with E-state index in [0.29, 0.717) is 12.1 Å². The summed E-state index contributed by atoms with van der Waals surface area (Å²) < 4.78 is 30.4. The molecule has 0 unspecified atom stereocenters. The Morgan fingerprint density at radius 2 is 1.60 bits per heavy atom. The number of aromatic hydroxyl groups is 1. The van der Waals surface area contributed by atoms with Crippen LogP contribution in [-0.2, 0) is 15.1 Å². The van der Waals surface area contributed by atoms with Crippen LogP contribution in [0.15, 0.2) is 72.8 Å². The van der Waals surface area contributed by atoms with E-state index >= 15 is 0 Å². The van der Waals surface area contributed by atoms with Crippen molar-refractivity contribution in [1.82, 2.24) is 4.57 Å². The van der Waals surface area contributed by atoms with E-state index in [9.17, 15) is 23.5 Å². The van der Waals surface area contributed by atoms with Gasteiger partial charge in [0.15, 0.2) is 0 Å². The Morgan fingerprint density at radius 1 is 0.971 bits per heavy atom. The summed E-state index contributed by atoms with van der Waals surface area (Å²) in [5.41, 5.74) is 3.55. The second-order valence-electron chi connectivity index (χ2n) is 7.78. The van der Waals surface area contributed by atoms with Gasteiger partial charge in [-0.2, -0.15) is 0 Å². The fraction of sp³-hybridized carbons (Fsp3) is 0.120. The Bertz CT molecular complexity index is 1420. The molecule has 0 aliphatic carbocycles. The number of nitrogens with one attached hydrogen (secondary N) is 1. The standard InChI is InChI=1S/C17H15NO2.C8H10AsNO5/c1-12-16(17(19)20)14-9-5-6-10-15(14)18(12)11-13-7-3-2-4-8-13;1-5(11)10-6-2-3-8(12)7(4-6)9(13,14)15/h2-10H,11H2,1H3,(H,19,20);2-4,12H,1H3,(H,10,11)(H2,13,14,15). The number of carboxylic acid groups (broad SMARTS) is 1. The van der Waals surface area contributed by atoms with Gasteiger partial charge in [0.2, 0.25) is 0 Å². The number of fused-ring (bicyclic) bond motifs is 1. The van der Waals surface area contributed by atoms with Crippen molar-refractivity contribution in [2.24, 2.45) is 0 Å². The largest absolute Gasteiger partial charge is 0.478 e. The molecule has 10 heteroatoms. The number of benzene rings is 3. The average molecular weight is 540 g/mol. The fourth-order valence-corrected chi connectivity index (χ4v) is 5.14. The van der Waals surface area contributed by atoms with Crippen molar-refractivity contribution in [2.45, 2.75) is 20.4 Å². The monoisotopic (exact) mass is 540 g/mol. The van der Waals surface area contributed by atoms with Gasteiger partial charge in [-0.15, -0.1) is 0 Å². The molecule has 0 radical (unpaired) electrons. The first kappa shape index (κ1) is 25.8. The molecule has 1 amide bonds. The van der Waals surface area contributed by atoms with E-state index in [0.717, 1.165) is 34.3 Å². The molecule has 0 aliphatic heterocycles. The summed E-state index contributed by atoms with van der Waals surface area (Å²) in [4.78, 5) is 22.2. The zero-order valence-corrected chi connectivity index (χ0v) is 20.9. The van der Waals surface area contributed by atoms with E-state index in [1.54, 1.807) is 0 Å². The van der Waals surface area contributed by atoms with Gasteiger partial charge in [0.25, 0.3) is 0 Å². The summed E-state index contributed by atoms with van der Waals surface area (Å²) >= 11 is -5.15. The number of anilines is 1. The van der Waals surface area contributed by atoms with Gasteiger partial charge in [0.05, 0.1) is 5.56 Å². The first-order valence-corrected chi connectivity index (χ1v) is 13.9. The van der Waals surface area contributed by atoms with Crippen molar-refractivity contribution in [2.75, 3.05) is 5.32 Å². The van der Waals surface area contributed by atoms with E-state index in [1.165, 1.54) is 13.0 Å². The zero-order chi connectivity index (χ0) is 25.8. The number of aromatic nitrogens is 1. The predicted octanol–water partition coefficient (Wildman–Crippen LogP) is 2.61. The quantitative estimate of drug-likeness (QED) is 0.193. The number of nitrogens with zero attached hydrogens (tertiary/aromatic N) is 1. The number of carbonyl (C=O) groups is 2. The van der Waals surface area contributed by atoms with Gasteiger partial charge in [0.1, 0.15) is 0 Å². The van der Waals surface area contributed by atoms with Crippen LogP contribution in [0.25, 0.3) is 10.9 Å². The molecule has 0 atom stereocenters. The van der Waals surface area contributed by atoms with Crippen LogP contribution in [0, 0.1) is 6.92 Å². The molecule has 5 N–H and O–H groups in total. The average Bonchev–Trinajstić information content (AvgIpc) is 3.07. The summed E-state index contributed by atoms with van der Waals surface area (Å²) in [7, 11) is 0.